The predicted molar refractivity (Wildman–Crippen MR) is 71.0 cm³/mol. The lowest BCUT2D eigenvalue weighted by atomic mass is 10.1. The number of hydroxylamine groups is 2. The van der Waals surface area contributed by atoms with Gasteiger partial charge in [-0.15, -0.1) is 0 Å². The van der Waals surface area contributed by atoms with Crippen LogP contribution in [-0.2, 0) is 17.6 Å². The summed E-state index contributed by atoms with van der Waals surface area (Å²) in [5.74, 6) is -0.00339. The predicted octanol–water partition coefficient (Wildman–Crippen LogP) is 1.48. The Balaban J connectivity index is 1.79. The molecular formula is C14H19N2O2-. The molecule has 0 bridgehead atoms. The first-order valence-electron chi connectivity index (χ1n) is 6.46. The molecule has 1 fully saturated rings. The maximum atomic E-state index is 11.7. The van der Waals surface area contributed by atoms with Crippen LogP contribution >= 0.6 is 0 Å². The summed E-state index contributed by atoms with van der Waals surface area (Å²) < 4.78 is 0. The van der Waals surface area contributed by atoms with Gasteiger partial charge in [-0.05, 0) is 17.5 Å². The lowest BCUT2D eigenvalue weighted by Crippen LogP contribution is -2.57. The number of carbonyl (C=O) groups is 1. The van der Waals surface area contributed by atoms with Gasteiger partial charge in [0.1, 0.15) is 0 Å². The van der Waals surface area contributed by atoms with E-state index >= 15 is 0 Å². The monoisotopic (exact) mass is 247 g/mol. The first-order valence-corrected chi connectivity index (χ1v) is 6.46. The van der Waals surface area contributed by atoms with Gasteiger partial charge in [0.05, 0.1) is 12.5 Å². The van der Waals surface area contributed by atoms with Gasteiger partial charge in [-0.2, -0.15) is 0 Å². The molecule has 0 aliphatic carbocycles. The van der Waals surface area contributed by atoms with Crippen molar-refractivity contribution >= 4 is 5.91 Å². The van der Waals surface area contributed by atoms with Crippen molar-refractivity contribution in [1.82, 2.24) is 10.4 Å². The summed E-state index contributed by atoms with van der Waals surface area (Å²) in [7, 11) is 0. The second-order valence-corrected chi connectivity index (χ2v) is 4.85. The Kier molecular flexibility index (Phi) is 4.33. The molecule has 0 unspecified atom stereocenters. The van der Waals surface area contributed by atoms with E-state index in [1.807, 2.05) is 12.1 Å². The fourth-order valence-electron chi connectivity index (χ4n) is 2.11. The van der Waals surface area contributed by atoms with Gasteiger partial charge >= 0.3 is 0 Å². The third-order valence-electron chi connectivity index (χ3n) is 3.14. The van der Waals surface area contributed by atoms with Gasteiger partial charge in [-0.25, -0.2) is 0 Å². The van der Waals surface area contributed by atoms with Crippen LogP contribution in [0, 0.1) is 5.21 Å². The molecule has 4 heteroatoms. The number of nitrogens with one attached hydrogen (secondary N) is 1. The summed E-state index contributed by atoms with van der Waals surface area (Å²) >= 11 is 0. The molecule has 1 amide bonds. The minimum absolute atomic E-state index is 0.00339. The summed E-state index contributed by atoms with van der Waals surface area (Å²) in [5.41, 5.74) is 2.33. The van der Waals surface area contributed by atoms with Gasteiger partial charge in [0, 0.05) is 13.1 Å². The summed E-state index contributed by atoms with van der Waals surface area (Å²) in [4.78, 5) is 11.7. The third kappa shape index (κ3) is 3.55. The smallest absolute Gasteiger partial charge is 0.224 e. The average Bonchev–Trinajstić information content (AvgIpc) is 2.30. The molecule has 0 atom stereocenters. The molecular weight excluding hydrogens is 228 g/mol. The van der Waals surface area contributed by atoms with Gasteiger partial charge in [0.2, 0.25) is 5.91 Å². The number of carbonyl (C=O) groups excluding carboxylic acids is 1. The first kappa shape index (κ1) is 13.1. The molecule has 98 valence electrons. The maximum absolute atomic E-state index is 11.7. The van der Waals surface area contributed by atoms with Crippen LogP contribution in [0.2, 0.25) is 0 Å². The number of amides is 1. The van der Waals surface area contributed by atoms with Gasteiger partial charge in [-0.3, -0.25) is 4.79 Å². The number of benzene rings is 1. The van der Waals surface area contributed by atoms with Crippen molar-refractivity contribution in [2.45, 2.75) is 32.2 Å². The van der Waals surface area contributed by atoms with Gasteiger partial charge in [-0.1, -0.05) is 37.6 Å². The molecule has 0 saturated carbocycles. The van der Waals surface area contributed by atoms with Crippen LogP contribution in [0.25, 0.3) is 0 Å². The molecule has 18 heavy (non-hydrogen) atoms. The van der Waals surface area contributed by atoms with Crippen LogP contribution in [0.1, 0.15) is 24.5 Å². The Morgan fingerprint density at radius 1 is 1.33 bits per heavy atom. The van der Waals surface area contributed by atoms with E-state index in [4.69, 9.17) is 0 Å². The van der Waals surface area contributed by atoms with Gasteiger partial charge in [0.15, 0.2) is 0 Å². The van der Waals surface area contributed by atoms with Crippen molar-refractivity contribution in [2.75, 3.05) is 13.1 Å². The van der Waals surface area contributed by atoms with E-state index < -0.39 is 0 Å². The molecule has 0 spiro atoms. The Bertz CT molecular complexity index is 397. The van der Waals surface area contributed by atoms with Crippen molar-refractivity contribution in [3.8, 4) is 0 Å². The summed E-state index contributed by atoms with van der Waals surface area (Å²) in [6.07, 6.45) is 2.60. The van der Waals surface area contributed by atoms with Crippen molar-refractivity contribution in [2.24, 2.45) is 0 Å². The van der Waals surface area contributed by atoms with Crippen LogP contribution in [0.4, 0.5) is 0 Å². The number of aryl methyl sites for hydroxylation is 1. The van der Waals surface area contributed by atoms with Gasteiger partial charge < -0.3 is 15.6 Å². The highest BCUT2D eigenvalue weighted by Gasteiger charge is 2.21. The largest absolute Gasteiger partial charge is 0.785 e. The molecule has 1 aliphatic rings. The standard InChI is InChI=1S/C14H19N2O2/c1-2-3-11-4-6-12(7-5-11)8-14(17)15-13-9-16(18)10-13/h4-7,13H,2-3,8-10H2,1H3,(H,15,17)/q-1. The van der Waals surface area contributed by atoms with Crippen molar-refractivity contribution < 1.29 is 4.79 Å². The highest BCUT2D eigenvalue weighted by atomic mass is 16.5. The number of hydrogen-bond donors (Lipinski definition) is 1. The Morgan fingerprint density at radius 3 is 2.50 bits per heavy atom. The Morgan fingerprint density at radius 2 is 1.94 bits per heavy atom. The zero-order valence-corrected chi connectivity index (χ0v) is 10.7. The highest BCUT2D eigenvalue weighted by Crippen LogP contribution is 2.09. The zero-order valence-electron chi connectivity index (χ0n) is 10.7. The number of hydrogen-bond acceptors (Lipinski definition) is 3. The molecule has 1 saturated heterocycles. The van der Waals surface area contributed by atoms with Crippen LogP contribution in [-0.4, -0.2) is 30.1 Å². The molecule has 1 aromatic rings. The van der Waals surface area contributed by atoms with Crippen molar-refractivity contribution in [3.63, 3.8) is 0 Å². The lowest BCUT2D eigenvalue weighted by Gasteiger charge is -2.44. The van der Waals surface area contributed by atoms with E-state index in [-0.39, 0.29) is 11.9 Å². The third-order valence-corrected chi connectivity index (χ3v) is 3.14. The average molecular weight is 247 g/mol. The van der Waals surface area contributed by atoms with E-state index in [0.29, 0.717) is 19.5 Å². The van der Waals surface area contributed by atoms with Crippen molar-refractivity contribution in [3.05, 3.63) is 40.6 Å². The quantitative estimate of drug-likeness (QED) is 0.857. The fourth-order valence-corrected chi connectivity index (χ4v) is 2.11. The Hall–Kier alpha value is -1.39. The Labute approximate surface area is 108 Å². The van der Waals surface area contributed by atoms with Crippen LogP contribution in [0.15, 0.2) is 24.3 Å². The minimum Gasteiger partial charge on any atom is -0.785 e. The van der Waals surface area contributed by atoms with E-state index in [1.165, 1.54) is 5.56 Å². The molecule has 0 radical (unpaired) electrons. The fraction of sp³-hybridized carbons (Fsp3) is 0.500. The second kappa shape index (κ2) is 5.98. The highest BCUT2D eigenvalue weighted by molar-refractivity contribution is 5.79. The van der Waals surface area contributed by atoms with Crippen molar-refractivity contribution in [1.29, 1.82) is 0 Å². The van der Waals surface area contributed by atoms with Crippen LogP contribution < -0.4 is 5.32 Å². The van der Waals surface area contributed by atoms with E-state index in [2.05, 4.69) is 24.4 Å². The molecule has 4 nitrogen and oxygen atoms in total. The van der Waals surface area contributed by atoms with Gasteiger partial charge in [0.25, 0.3) is 0 Å². The number of rotatable bonds is 5. The summed E-state index contributed by atoms with van der Waals surface area (Å²) in [5, 5.41) is 14.5. The molecule has 1 heterocycles. The normalized spacial score (nSPS) is 16.3. The minimum atomic E-state index is -0.00339. The van der Waals surface area contributed by atoms with E-state index in [0.717, 1.165) is 23.5 Å². The van der Waals surface area contributed by atoms with Crippen LogP contribution in [0.5, 0.6) is 0 Å². The number of nitrogens with zero attached hydrogens (tertiary/aromatic N) is 1. The molecule has 2 rings (SSSR count). The summed E-state index contributed by atoms with van der Waals surface area (Å²) in [6, 6.07) is 8.20. The van der Waals surface area contributed by atoms with E-state index in [1.54, 1.807) is 0 Å². The maximum Gasteiger partial charge on any atom is 0.224 e. The molecule has 1 aromatic carbocycles. The summed E-state index contributed by atoms with van der Waals surface area (Å²) in [6.45, 7) is 2.99. The lowest BCUT2D eigenvalue weighted by molar-refractivity contribution is -0.122. The molecule has 1 aliphatic heterocycles. The molecule has 0 aromatic heterocycles. The first-order chi connectivity index (χ1) is 8.67. The zero-order chi connectivity index (χ0) is 13.0. The second-order valence-electron chi connectivity index (χ2n) is 4.85. The molecule has 1 N–H and O–H groups in total. The topological polar surface area (TPSA) is 55.4 Å². The van der Waals surface area contributed by atoms with E-state index in [9.17, 15) is 10.0 Å². The van der Waals surface area contributed by atoms with Crippen LogP contribution in [0.3, 0.4) is 0 Å². The SMILES string of the molecule is CCCc1ccc(CC(=O)NC2CN([O-])C2)cc1.